The number of rotatable bonds is 5. The number of hydrogen-bond acceptors (Lipinski definition) is 4. The number of nitrogens with two attached hydrogens (primary N) is 1. The maximum absolute atomic E-state index is 11.7. The van der Waals surface area contributed by atoms with Crippen molar-refractivity contribution in [2.45, 2.75) is 26.2 Å². The second-order valence-corrected chi connectivity index (χ2v) is 5.36. The molecule has 110 valence electrons. The minimum atomic E-state index is -0.0250. The molecule has 0 aliphatic carbocycles. The van der Waals surface area contributed by atoms with Crippen LogP contribution in [0.15, 0.2) is 24.3 Å². The normalized spacial score (nSPS) is 17.1. The predicted octanol–water partition coefficient (Wildman–Crippen LogP) is 2.09. The van der Waals surface area contributed by atoms with Crippen LogP contribution in [0.4, 0.5) is 5.69 Å². The lowest BCUT2D eigenvalue weighted by Crippen LogP contribution is -2.38. The van der Waals surface area contributed by atoms with Gasteiger partial charge in [-0.2, -0.15) is 0 Å². The molecule has 4 heteroatoms. The van der Waals surface area contributed by atoms with Crippen molar-refractivity contribution in [3.05, 3.63) is 29.8 Å². The topological polar surface area (TPSA) is 55.6 Å². The molecule has 0 saturated carbocycles. The van der Waals surface area contributed by atoms with Gasteiger partial charge in [0.1, 0.15) is 0 Å². The summed E-state index contributed by atoms with van der Waals surface area (Å²) in [4.78, 5) is 14.1. The highest BCUT2D eigenvalue weighted by Crippen LogP contribution is 2.19. The van der Waals surface area contributed by atoms with E-state index >= 15 is 0 Å². The number of nitrogens with zero attached hydrogens (tertiary/aromatic N) is 1. The van der Waals surface area contributed by atoms with Crippen molar-refractivity contribution in [2.24, 2.45) is 5.92 Å². The van der Waals surface area contributed by atoms with Crippen LogP contribution in [0, 0.1) is 5.92 Å². The minimum Gasteiger partial charge on any atom is -0.466 e. The minimum absolute atomic E-state index is 0.0250. The summed E-state index contributed by atoms with van der Waals surface area (Å²) in [5.74, 6) is 0.0709. The third kappa shape index (κ3) is 4.23. The number of benzene rings is 1. The molecule has 1 aromatic rings. The monoisotopic (exact) mass is 276 g/mol. The summed E-state index contributed by atoms with van der Waals surface area (Å²) in [6, 6.07) is 8.05. The largest absolute Gasteiger partial charge is 0.466 e. The van der Waals surface area contributed by atoms with E-state index in [1.807, 2.05) is 25.1 Å². The molecule has 0 amide bonds. The Morgan fingerprint density at radius 2 is 2.15 bits per heavy atom. The summed E-state index contributed by atoms with van der Waals surface area (Å²) in [6.07, 6.45) is 2.83. The first-order valence-electron chi connectivity index (χ1n) is 7.42. The molecule has 1 heterocycles. The van der Waals surface area contributed by atoms with Crippen LogP contribution in [-0.2, 0) is 16.0 Å². The third-order valence-electron chi connectivity index (χ3n) is 3.88. The number of carbonyl (C=O) groups is 1. The van der Waals surface area contributed by atoms with E-state index in [1.165, 1.54) is 5.56 Å². The summed E-state index contributed by atoms with van der Waals surface area (Å²) < 4.78 is 5.09. The first-order valence-corrected chi connectivity index (χ1v) is 7.42. The smallest absolute Gasteiger partial charge is 0.309 e. The van der Waals surface area contributed by atoms with Crippen molar-refractivity contribution >= 4 is 11.7 Å². The molecule has 0 unspecified atom stereocenters. The van der Waals surface area contributed by atoms with Crippen LogP contribution in [0.3, 0.4) is 0 Å². The van der Waals surface area contributed by atoms with E-state index in [2.05, 4.69) is 11.0 Å². The molecule has 1 aliphatic rings. The van der Waals surface area contributed by atoms with Crippen LogP contribution in [-0.4, -0.2) is 37.1 Å². The summed E-state index contributed by atoms with van der Waals surface area (Å²) in [5, 5.41) is 0. The van der Waals surface area contributed by atoms with E-state index in [0.717, 1.165) is 44.6 Å². The fourth-order valence-electron chi connectivity index (χ4n) is 2.69. The molecule has 20 heavy (non-hydrogen) atoms. The van der Waals surface area contributed by atoms with Gasteiger partial charge < -0.3 is 15.4 Å². The molecule has 0 radical (unpaired) electrons. The second kappa shape index (κ2) is 7.29. The number of piperidine rings is 1. The zero-order chi connectivity index (χ0) is 14.4. The molecule has 1 saturated heterocycles. The highest BCUT2D eigenvalue weighted by molar-refractivity contribution is 5.72. The van der Waals surface area contributed by atoms with Gasteiger partial charge in [-0.05, 0) is 57.0 Å². The van der Waals surface area contributed by atoms with Crippen LogP contribution >= 0.6 is 0 Å². The summed E-state index contributed by atoms with van der Waals surface area (Å²) >= 11 is 0. The fraction of sp³-hybridized carbons (Fsp3) is 0.562. The van der Waals surface area contributed by atoms with Gasteiger partial charge in [0.2, 0.25) is 0 Å². The quantitative estimate of drug-likeness (QED) is 0.661. The molecule has 4 nitrogen and oxygen atoms in total. The lowest BCUT2D eigenvalue weighted by Gasteiger charge is -2.30. The van der Waals surface area contributed by atoms with Crippen molar-refractivity contribution in [2.75, 3.05) is 32.0 Å². The lowest BCUT2D eigenvalue weighted by molar-refractivity contribution is -0.149. The molecule has 0 aromatic heterocycles. The van der Waals surface area contributed by atoms with E-state index in [-0.39, 0.29) is 11.9 Å². The first kappa shape index (κ1) is 14.9. The van der Waals surface area contributed by atoms with Crippen LogP contribution in [0.25, 0.3) is 0 Å². The lowest BCUT2D eigenvalue weighted by atomic mass is 9.96. The summed E-state index contributed by atoms with van der Waals surface area (Å²) in [5.41, 5.74) is 7.88. The Labute approximate surface area is 120 Å². The Balaban J connectivity index is 1.73. The Hall–Kier alpha value is -1.55. The van der Waals surface area contributed by atoms with Crippen molar-refractivity contribution in [1.29, 1.82) is 0 Å². The molecule has 0 atom stereocenters. The Bertz CT molecular complexity index is 440. The fourth-order valence-corrected chi connectivity index (χ4v) is 2.69. The average molecular weight is 276 g/mol. The SMILES string of the molecule is CCOC(=O)C1CCN(CCc2cccc(N)c2)CC1. The van der Waals surface area contributed by atoms with Gasteiger partial charge in [-0.1, -0.05) is 12.1 Å². The summed E-state index contributed by atoms with van der Waals surface area (Å²) in [7, 11) is 0. The molecular weight excluding hydrogens is 252 g/mol. The van der Waals surface area contributed by atoms with Crippen molar-refractivity contribution in [3.63, 3.8) is 0 Å². The summed E-state index contributed by atoms with van der Waals surface area (Å²) in [6.45, 7) is 5.32. The molecule has 1 aliphatic heterocycles. The Kier molecular flexibility index (Phi) is 5.41. The molecule has 2 rings (SSSR count). The second-order valence-electron chi connectivity index (χ2n) is 5.36. The third-order valence-corrected chi connectivity index (χ3v) is 3.88. The zero-order valence-electron chi connectivity index (χ0n) is 12.2. The van der Waals surface area contributed by atoms with Gasteiger partial charge in [-0.25, -0.2) is 0 Å². The van der Waals surface area contributed by atoms with Gasteiger partial charge in [-0.3, -0.25) is 4.79 Å². The maximum atomic E-state index is 11.7. The van der Waals surface area contributed by atoms with E-state index < -0.39 is 0 Å². The van der Waals surface area contributed by atoms with Crippen molar-refractivity contribution in [3.8, 4) is 0 Å². The number of ether oxygens (including phenoxy) is 1. The Morgan fingerprint density at radius 1 is 1.40 bits per heavy atom. The van der Waals surface area contributed by atoms with Crippen molar-refractivity contribution in [1.82, 2.24) is 4.90 Å². The number of esters is 1. The van der Waals surface area contributed by atoms with Gasteiger partial charge in [0, 0.05) is 12.2 Å². The molecular formula is C16H24N2O2. The van der Waals surface area contributed by atoms with Crippen LogP contribution in [0.5, 0.6) is 0 Å². The van der Waals surface area contributed by atoms with Gasteiger partial charge in [0.15, 0.2) is 0 Å². The molecule has 1 aromatic carbocycles. The highest BCUT2D eigenvalue weighted by Gasteiger charge is 2.25. The van der Waals surface area contributed by atoms with Crippen LogP contribution in [0.2, 0.25) is 0 Å². The van der Waals surface area contributed by atoms with E-state index in [1.54, 1.807) is 0 Å². The average Bonchev–Trinajstić information content (AvgIpc) is 2.46. The predicted molar refractivity (Wildman–Crippen MR) is 80.4 cm³/mol. The number of carbonyl (C=O) groups excluding carboxylic acids is 1. The van der Waals surface area contributed by atoms with E-state index in [4.69, 9.17) is 10.5 Å². The first-order chi connectivity index (χ1) is 9.69. The maximum Gasteiger partial charge on any atom is 0.309 e. The van der Waals surface area contributed by atoms with Crippen LogP contribution in [0.1, 0.15) is 25.3 Å². The van der Waals surface area contributed by atoms with E-state index in [0.29, 0.717) is 6.61 Å². The molecule has 1 fully saturated rings. The highest BCUT2D eigenvalue weighted by atomic mass is 16.5. The Morgan fingerprint density at radius 3 is 2.80 bits per heavy atom. The van der Waals surface area contributed by atoms with Gasteiger partial charge in [-0.15, -0.1) is 0 Å². The molecule has 2 N–H and O–H groups in total. The van der Waals surface area contributed by atoms with Gasteiger partial charge in [0.25, 0.3) is 0 Å². The zero-order valence-corrected chi connectivity index (χ0v) is 12.2. The van der Waals surface area contributed by atoms with Crippen LogP contribution < -0.4 is 5.73 Å². The number of anilines is 1. The van der Waals surface area contributed by atoms with Crippen molar-refractivity contribution < 1.29 is 9.53 Å². The molecule has 0 spiro atoms. The number of likely N-dealkylation sites (tertiary alicyclic amines) is 1. The van der Waals surface area contributed by atoms with Gasteiger partial charge >= 0.3 is 5.97 Å². The number of nitrogen functional groups attached to an aromatic ring is 1. The standard InChI is InChI=1S/C16H24N2O2/c1-2-20-16(19)14-7-10-18(11-8-14)9-6-13-4-3-5-15(17)12-13/h3-5,12,14H,2,6-11,17H2,1H3. The van der Waals surface area contributed by atoms with E-state index in [9.17, 15) is 4.79 Å². The van der Waals surface area contributed by atoms with Gasteiger partial charge in [0.05, 0.1) is 12.5 Å². The number of hydrogen-bond donors (Lipinski definition) is 1. The molecule has 0 bridgehead atoms.